The first-order valence-electron chi connectivity index (χ1n) is 9.88. The molecule has 31 heavy (non-hydrogen) atoms. The van der Waals surface area contributed by atoms with Crippen LogP contribution in [-0.4, -0.2) is 32.7 Å². The number of hydrogen-bond acceptors (Lipinski definition) is 5. The first-order valence-corrected chi connectivity index (χ1v) is 11.5. The number of amides is 1. The number of thiocarbonyl (C=S) groups is 1. The zero-order chi connectivity index (χ0) is 22.2. The summed E-state index contributed by atoms with van der Waals surface area (Å²) in [7, 11) is 0. The second kappa shape index (κ2) is 11.3. The molecule has 0 aliphatic carbocycles. The van der Waals surface area contributed by atoms with E-state index in [2.05, 4.69) is 0 Å². The fourth-order valence-electron chi connectivity index (χ4n) is 3.06. The number of carboxylic acid groups (broad SMARTS) is 1. The highest BCUT2D eigenvalue weighted by molar-refractivity contribution is 8.26. The van der Waals surface area contributed by atoms with Gasteiger partial charge in [-0.05, 0) is 31.1 Å². The van der Waals surface area contributed by atoms with Crippen LogP contribution in [0.2, 0.25) is 5.02 Å². The molecule has 0 spiro atoms. The van der Waals surface area contributed by atoms with E-state index in [1.165, 1.54) is 11.8 Å². The van der Waals surface area contributed by atoms with Crippen molar-refractivity contribution in [3.05, 3.63) is 69.6 Å². The van der Waals surface area contributed by atoms with E-state index in [0.717, 1.165) is 17.5 Å². The number of carbonyl (C=O) groups excluding carboxylic acids is 1. The maximum atomic E-state index is 12.8. The third-order valence-electron chi connectivity index (χ3n) is 4.69. The first-order chi connectivity index (χ1) is 15.0. The van der Waals surface area contributed by atoms with Crippen molar-refractivity contribution in [1.82, 2.24) is 4.90 Å². The lowest BCUT2D eigenvalue weighted by atomic mass is 10.1. The topological polar surface area (TPSA) is 66.8 Å². The van der Waals surface area contributed by atoms with Crippen LogP contribution >= 0.6 is 35.6 Å². The Hall–Kier alpha value is -2.35. The number of nitrogens with zero attached hydrogens (tertiary/aromatic N) is 1. The molecule has 1 aliphatic heterocycles. The van der Waals surface area contributed by atoms with Gasteiger partial charge in [-0.3, -0.25) is 14.5 Å². The molecule has 0 radical (unpaired) electrons. The Labute approximate surface area is 196 Å². The van der Waals surface area contributed by atoms with Crippen molar-refractivity contribution in [2.75, 3.05) is 6.54 Å². The van der Waals surface area contributed by atoms with Crippen molar-refractivity contribution in [2.45, 2.75) is 32.3 Å². The van der Waals surface area contributed by atoms with E-state index in [-0.39, 0.29) is 12.3 Å². The standard InChI is InChI=1S/C23H22ClNO4S2/c24-18-10-5-3-9-17(18)15-29-19-11-6-4-8-16(19)14-20-22(28)25(23(30)31-20)13-7-1-2-12-21(26)27/h3-6,8-11,14H,1-2,7,12-13,15H2,(H,26,27)/b20-14+. The summed E-state index contributed by atoms with van der Waals surface area (Å²) in [4.78, 5) is 25.6. The summed E-state index contributed by atoms with van der Waals surface area (Å²) in [5.74, 6) is -0.278. The van der Waals surface area contributed by atoms with Crippen LogP contribution in [-0.2, 0) is 16.2 Å². The van der Waals surface area contributed by atoms with E-state index < -0.39 is 5.97 Å². The normalized spacial score (nSPS) is 15.0. The fourth-order valence-corrected chi connectivity index (χ4v) is 4.55. The van der Waals surface area contributed by atoms with Crippen molar-refractivity contribution in [3.63, 3.8) is 0 Å². The van der Waals surface area contributed by atoms with Crippen LogP contribution in [0.3, 0.4) is 0 Å². The van der Waals surface area contributed by atoms with Crippen LogP contribution < -0.4 is 4.74 Å². The smallest absolute Gasteiger partial charge is 0.303 e. The lowest BCUT2D eigenvalue weighted by molar-refractivity contribution is -0.137. The molecule has 8 heteroatoms. The number of carboxylic acids is 1. The largest absolute Gasteiger partial charge is 0.488 e. The monoisotopic (exact) mass is 475 g/mol. The first kappa shape index (κ1) is 23.3. The van der Waals surface area contributed by atoms with Gasteiger partial charge in [-0.15, -0.1) is 0 Å². The van der Waals surface area contributed by atoms with E-state index in [1.807, 2.05) is 48.5 Å². The second-order valence-electron chi connectivity index (χ2n) is 6.96. The van der Waals surface area contributed by atoms with Crippen LogP contribution in [0.25, 0.3) is 6.08 Å². The minimum absolute atomic E-state index is 0.130. The van der Waals surface area contributed by atoms with Crippen LogP contribution in [0, 0.1) is 0 Å². The summed E-state index contributed by atoms with van der Waals surface area (Å²) in [6.07, 6.45) is 3.98. The molecule has 1 saturated heterocycles. The molecule has 2 aromatic carbocycles. The molecule has 0 saturated carbocycles. The molecular weight excluding hydrogens is 454 g/mol. The molecule has 0 unspecified atom stereocenters. The number of halogens is 1. The Balaban J connectivity index is 1.65. The number of ether oxygens (including phenoxy) is 1. The SMILES string of the molecule is O=C(O)CCCCCN1C(=O)/C(=C\c2ccccc2OCc2ccccc2Cl)SC1=S. The van der Waals surface area contributed by atoms with E-state index in [0.29, 0.717) is 46.0 Å². The van der Waals surface area contributed by atoms with Gasteiger partial charge in [-0.25, -0.2) is 0 Å². The number of thioether (sulfide) groups is 1. The minimum Gasteiger partial charge on any atom is -0.488 e. The summed E-state index contributed by atoms with van der Waals surface area (Å²) in [5, 5.41) is 9.35. The Bertz CT molecular complexity index is 1010. The molecule has 1 heterocycles. The van der Waals surface area contributed by atoms with Crippen LogP contribution in [0.5, 0.6) is 5.75 Å². The van der Waals surface area contributed by atoms with E-state index in [1.54, 1.807) is 11.0 Å². The molecule has 162 valence electrons. The minimum atomic E-state index is -0.802. The molecule has 1 aliphatic rings. The molecule has 2 aromatic rings. The van der Waals surface area contributed by atoms with Crippen LogP contribution in [0.1, 0.15) is 36.8 Å². The third-order valence-corrected chi connectivity index (χ3v) is 6.44. The zero-order valence-corrected chi connectivity index (χ0v) is 19.1. The van der Waals surface area contributed by atoms with Crippen LogP contribution in [0.4, 0.5) is 0 Å². The number of hydrogen-bond donors (Lipinski definition) is 1. The molecular formula is C23H22ClNO4S2. The number of aliphatic carboxylic acids is 1. The molecule has 5 nitrogen and oxygen atoms in total. The van der Waals surface area contributed by atoms with Gasteiger partial charge in [0.1, 0.15) is 16.7 Å². The highest BCUT2D eigenvalue weighted by atomic mass is 35.5. The highest BCUT2D eigenvalue weighted by Gasteiger charge is 2.31. The predicted octanol–water partition coefficient (Wildman–Crippen LogP) is 5.77. The number of rotatable bonds is 10. The van der Waals surface area contributed by atoms with Gasteiger partial charge in [0.15, 0.2) is 0 Å². The number of para-hydroxylation sites is 1. The Morgan fingerprint density at radius 2 is 1.87 bits per heavy atom. The van der Waals surface area contributed by atoms with Gasteiger partial charge in [0.2, 0.25) is 0 Å². The lowest BCUT2D eigenvalue weighted by Gasteiger charge is -2.14. The highest BCUT2D eigenvalue weighted by Crippen LogP contribution is 2.34. The summed E-state index contributed by atoms with van der Waals surface area (Å²) >= 11 is 12.9. The second-order valence-corrected chi connectivity index (χ2v) is 9.04. The van der Waals surface area contributed by atoms with Crippen molar-refractivity contribution in [1.29, 1.82) is 0 Å². The molecule has 1 amide bonds. The quantitative estimate of drug-likeness (QED) is 0.267. The number of carbonyl (C=O) groups is 2. The van der Waals surface area contributed by atoms with Gasteiger partial charge in [0, 0.05) is 29.1 Å². The molecule has 1 fully saturated rings. The molecule has 0 bridgehead atoms. The molecule has 0 atom stereocenters. The van der Waals surface area contributed by atoms with Gasteiger partial charge >= 0.3 is 5.97 Å². The Morgan fingerprint density at radius 1 is 1.13 bits per heavy atom. The van der Waals surface area contributed by atoms with Gasteiger partial charge in [-0.2, -0.15) is 0 Å². The predicted molar refractivity (Wildman–Crippen MR) is 128 cm³/mol. The zero-order valence-electron chi connectivity index (χ0n) is 16.8. The molecule has 1 N–H and O–H groups in total. The van der Waals surface area contributed by atoms with Gasteiger partial charge in [0.25, 0.3) is 5.91 Å². The lowest BCUT2D eigenvalue weighted by Crippen LogP contribution is -2.29. The van der Waals surface area contributed by atoms with E-state index in [9.17, 15) is 9.59 Å². The molecule has 0 aromatic heterocycles. The third kappa shape index (κ3) is 6.56. The van der Waals surface area contributed by atoms with Crippen LogP contribution in [0.15, 0.2) is 53.4 Å². The maximum Gasteiger partial charge on any atom is 0.303 e. The average Bonchev–Trinajstić information content (AvgIpc) is 3.01. The Kier molecular flexibility index (Phi) is 8.51. The van der Waals surface area contributed by atoms with Crippen molar-refractivity contribution in [2.24, 2.45) is 0 Å². The average molecular weight is 476 g/mol. The summed E-state index contributed by atoms with van der Waals surface area (Å²) in [6.45, 7) is 0.814. The summed E-state index contributed by atoms with van der Waals surface area (Å²) in [5.41, 5.74) is 1.67. The maximum absolute atomic E-state index is 12.8. The fraction of sp³-hybridized carbons (Fsp3) is 0.261. The van der Waals surface area contributed by atoms with Gasteiger partial charge < -0.3 is 9.84 Å². The summed E-state index contributed by atoms with van der Waals surface area (Å²) < 4.78 is 6.49. The molecule has 3 rings (SSSR count). The van der Waals surface area contributed by atoms with Crippen molar-refractivity contribution in [3.8, 4) is 5.75 Å². The number of benzene rings is 2. The number of unbranched alkanes of at least 4 members (excludes halogenated alkanes) is 2. The van der Waals surface area contributed by atoms with Crippen molar-refractivity contribution < 1.29 is 19.4 Å². The van der Waals surface area contributed by atoms with Gasteiger partial charge in [-0.1, -0.05) is 78.4 Å². The van der Waals surface area contributed by atoms with Crippen molar-refractivity contribution >= 4 is 57.9 Å². The van der Waals surface area contributed by atoms with E-state index in [4.69, 9.17) is 33.7 Å². The van der Waals surface area contributed by atoms with E-state index >= 15 is 0 Å². The summed E-state index contributed by atoms with van der Waals surface area (Å²) in [6, 6.07) is 15.0. The van der Waals surface area contributed by atoms with Gasteiger partial charge in [0.05, 0.1) is 4.91 Å². The Morgan fingerprint density at radius 3 is 2.65 bits per heavy atom.